The molecular formula is C21H21N5O2. The van der Waals surface area contributed by atoms with Crippen LogP contribution in [0.3, 0.4) is 0 Å². The first-order valence-electron chi connectivity index (χ1n) is 8.99. The summed E-state index contributed by atoms with van der Waals surface area (Å²) in [7, 11) is 0. The van der Waals surface area contributed by atoms with Crippen LogP contribution in [0.15, 0.2) is 46.4 Å². The van der Waals surface area contributed by atoms with E-state index in [1.807, 2.05) is 51.2 Å². The highest BCUT2D eigenvalue weighted by molar-refractivity contribution is 5.88. The standard InChI is InChI=1S/C21H21N5O2/c1-21(2,3)18-15(23-11-24-18)9-17-20(28)25-16(19(27)26-17)8-12-10-22-14-7-5-4-6-13(12)14/h4-11,22H,1-3H3,(H,23,24)(H,25,28)(H,26,27)/b16-8-,17-9-. The molecule has 4 rings (SSSR count). The van der Waals surface area contributed by atoms with E-state index in [-0.39, 0.29) is 27.2 Å². The number of aromatic amines is 4. The summed E-state index contributed by atoms with van der Waals surface area (Å²) in [5, 5.41) is 1.34. The number of para-hydroxylation sites is 1. The zero-order valence-electron chi connectivity index (χ0n) is 15.9. The second-order valence-corrected chi connectivity index (χ2v) is 7.73. The normalized spacial score (nSPS) is 13.5. The van der Waals surface area contributed by atoms with E-state index in [1.165, 1.54) is 0 Å². The summed E-state index contributed by atoms with van der Waals surface area (Å²) in [6.45, 7) is 6.14. The lowest BCUT2D eigenvalue weighted by Gasteiger charge is -2.16. The van der Waals surface area contributed by atoms with Crippen molar-refractivity contribution in [3.05, 3.63) is 85.1 Å². The Morgan fingerprint density at radius 3 is 2.32 bits per heavy atom. The topological polar surface area (TPSA) is 110 Å². The molecule has 4 N–H and O–H groups in total. The van der Waals surface area contributed by atoms with Crippen LogP contribution in [0.25, 0.3) is 23.1 Å². The molecule has 0 aliphatic rings. The van der Waals surface area contributed by atoms with Crippen LogP contribution in [0.1, 0.15) is 37.7 Å². The largest absolute Gasteiger partial charge is 0.361 e. The number of aromatic nitrogens is 5. The second-order valence-electron chi connectivity index (χ2n) is 7.73. The van der Waals surface area contributed by atoms with E-state index in [4.69, 9.17) is 0 Å². The smallest absolute Gasteiger partial charge is 0.272 e. The molecule has 0 saturated heterocycles. The maximum atomic E-state index is 12.5. The van der Waals surface area contributed by atoms with Gasteiger partial charge < -0.3 is 19.9 Å². The Morgan fingerprint density at radius 1 is 0.929 bits per heavy atom. The molecule has 28 heavy (non-hydrogen) atoms. The molecule has 4 aromatic rings. The van der Waals surface area contributed by atoms with Crippen molar-refractivity contribution in [3.63, 3.8) is 0 Å². The van der Waals surface area contributed by atoms with E-state index in [1.54, 1.807) is 18.5 Å². The van der Waals surface area contributed by atoms with E-state index < -0.39 is 0 Å². The third-order valence-corrected chi connectivity index (χ3v) is 4.61. The predicted molar refractivity (Wildman–Crippen MR) is 110 cm³/mol. The van der Waals surface area contributed by atoms with Crippen molar-refractivity contribution in [1.82, 2.24) is 24.9 Å². The second kappa shape index (κ2) is 6.53. The number of nitrogens with zero attached hydrogens (tertiary/aromatic N) is 1. The number of hydrogen-bond acceptors (Lipinski definition) is 3. The third kappa shape index (κ3) is 3.22. The highest BCUT2D eigenvalue weighted by atomic mass is 16.1. The van der Waals surface area contributed by atoms with Gasteiger partial charge in [0.05, 0.1) is 12.0 Å². The Labute approximate surface area is 159 Å². The molecule has 3 aromatic heterocycles. The van der Waals surface area contributed by atoms with Crippen LogP contribution in [0.5, 0.6) is 0 Å². The van der Waals surface area contributed by atoms with E-state index in [0.717, 1.165) is 22.2 Å². The molecule has 3 heterocycles. The van der Waals surface area contributed by atoms with Gasteiger partial charge in [-0.05, 0) is 18.2 Å². The van der Waals surface area contributed by atoms with Gasteiger partial charge in [-0.25, -0.2) is 4.98 Å². The molecule has 0 bridgehead atoms. The van der Waals surface area contributed by atoms with Crippen LogP contribution >= 0.6 is 0 Å². The van der Waals surface area contributed by atoms with Crippen LogP contribution in [-0.4, -0.2) is 24.9 Å². The monoisotopic (exact) mass is 375 g/mol. The van der Waals surface area contributed by atoms with Crippen LogP contribution < -0.4 is 21.8 Å². The highest BCUT2D eigenvalue weighted by Crippen LogP contribution is 2.22. The summed E-state index contributed by atoms with van der Waals surface area (Å²) in [4.78, 5) is 41.0. The molecule has 142 valence electrons. The van der Waals surface area contributed by atoms with E-state index >= 15 is 0 Å². The molecule has 7 nitrogen and oxygen atoms in total. The first-order chi connectivity index (χ1) is 13.3. The molecule has 0 aliphatic carbocycles. The fourth-order valence-electron chi connectivity index (χ4n) is 3.22. The summed E-state index contributed by atoms with van der Waals surface area (Å²) in [5.41, 5.74) is 2.39. The minimum atomic E-state index is -0.381. The molecule has 1 aromatic carbocycles. The van der Waals surface area contributed by atoms with Gasteiger partial charge >= 0.3 is 0 Å². The lowest BCUT2D eigenvalue weighted by atomic mass is 9.90. The van der Waals surface area contributed by atoms with Gasteiger partial charge in [-0.1, -0.05) is 39.0 Å². The molecule has 0 radical (unpaired) electrons. The molecular weight excluding hydrogens is 354 g/mol. The minimum absolute atomic E-state index is 0.165. The number of rotatable bonds is 2. The average molecular weight is 375 g/mol. The molecule has 0 atom stereocenters. The fourth-order valence-corrected chi connectivity index (χ4v) is 3.22. The van der Waals surface area contributed by atoms with Crippen LogP contribution in [0.2, 0.25) is 0 Å². The van der Waals surface area contributed by atoms with Crippen molar-refractivity contribution in [1.29, 1.82) is 0 Å². The van der Waals surface area contributed by atoms with E-state index in [2.05, 4.69) is 24.9 Å². The fraction of sp³-hybridized carbons (Fsp3) is 0.190. The predicted octanol–water partition coefficient (Wildman–Crippen LogP) is 1.22. The SMILES string of the molecule is CC(C)(C)c1[nH]cnc1/C=c1\[nH]c(=O)/c(=C/c2c[nH]c3ccccc23)[nH]c1=O. The molecule has 0 saturated carbocycles. The van der Waals surface area contributed by atoms with E-state index in [0.29, 0.717) is 5.69 Å². The number of benzene rings is 1. The van der Waals surface area contributed by atoms with Crippen molar-refractivity contribution in [2.45, 2.75) is 26.2 Å². The molecule has 0 fully saturated rings. The molecule has 0 amide bonds. The van der Waals surface area contributed by atoms with Gasteiger partial charge in [-0.15, -0.1) is 0 Å². The zero-order valence-corrected chi connectivity index (χ0v) is 15.9. The van der Waals surface area contributed by atoms with Crippen molar-refractivity contribution in [2.75, 3.05) is 0 Å². The molecule has 7 heteroatoms. The van der Waals surface area contributed by atoms with Gasteiger partial charge in [0.2, 0.25) is 0 Å². The van der Waals surface area contributed by atoms with Crippen molar-refractivity contribution >= 4 is 23.1 Å². The quantitative estimate of drug-likeness (QED) is 0.423. The maximum Gasteiger partial charge on any atom is 0.272 e. The number of hydrogen-bond donors (Lipinski definition) is 4. The first kappa shape index (κ1) is 17.8. The Kier molecular flexibility index (Phi) is 4.15. The van der Waals surface area contributed by atoms with Gasteiger partial charge in [0, 0.05) is 33.8 Å². The molecule has 0 spiro atoms. The number of H-pyrrole nitrogens is 4. The number of fused-ring (bicyclic) bond motifs is 1. The Bertz CT molecular complexity index is 1390. The lowest BCUT2D eigenvalue weighted by Crippen LogP contribution is -2.46. The Hall–Kier alpha value is -3.61. The van der Waals surface area contributed by atoms with Gasteiger partial charge in [-0.2, -0.15) is 0 Å². The van der Waals surface area contributed by atoms with Crippen LogP contribution in [-0.2, 0) is 5.41 Å². The van der Waals surface area contributed by atoms with Gasteiger partial charge in [0.15, 0.2) is 0 Å². The van der Waals surface area contributed by atoms with Crippen LogP contribution in [0, 0.1) is 0 Å². The van der Waals surface area contributed by atoms with Crippen molar-refractivity contribution in [2.24, 2.45) is 0 Å². The Balaban J connectivity index is 1.86. The van der Waals surface area contributed by atoms with E-state index in [9.17, 15) is 9.59 Å². The lowest BCUT2D eigenvalue weighted by molar-refractivity contribution is 0.571. The minimum Gasteiger partial charge on any atom is -0.361 e. The van der Waals surface area contributed by atoms with Crippen molar-refractivity contribution in [3.8, 4) is 0 Å². The summed E-state index contributed by atoms with van der Waals surface area (Å²) in [6.07, 6.45) is 6.64. The summed E-state index contributed by atoms with van der Waals surface area (Å²) in [6, 6.07) is 7.77. The molecule has 0 aliphatic heterocycles. The zero-order chi connectivity index (χ0) is 19.9. The van der Waals surface area contributed by atoms with Crippen LogP contribution in [0.4, 0.5) is 0 Å². The maximum absolute atomic E-state index is 12.5. The first-order valence-corrected chi connectivity index (χ1v) is 8.99. The Morgan fingerprint density at radius 2 is 1.61 bits per heavy atom. The summed E-state index contributed by atoms with van der Waals surface area (Å²) in [5.74, 6) is 0. The average Bonchev–Trinajstić information content (AvgIpc) is 3.26. The van der Waals surface area contributed by atoms with Gasteiger partial charge in [0.1, 0.15) is 10.7 Å². The highest BCUT2D eigenvalue weighted by Gasteiger charge is 2.19. The molecule has 0 unspecified atom stereocenters. The number of imidazole rings is 1. The summed E-state index contributed by atoms with van der Waals surface area (Å²) >= 11 is 0. The van der Waals surface area contributed by atoms with Crippen molar-refractivity contribution < 1.29 is 0 Å². The van der Waals surface area contributed by atoms with Gasteiger partial charge in [0.25, 0.3) is 11.1 Å². The summed E-state index contributed by atoms with van der Waals surface area (Å²) < 4.78 is 0. The number of nitrogens with one attached hydrogen (secondary N) is 4. The van der Waals surface area contributed by atoms with Gasteiger partial charge in [-0.3, -0.25) is 9.59 Å². The third-order valence-electron chi connectivity index (χ3n) is 4.61.